The van der Waals surface area contributed by atoms with E-state index in [9.17, 15) is 9.59 Å². The molecule has 16 heavy (non-hydrogen) atoms. The van der Waals surface area contributed by atoms with Crippen molar-refractivity contribution in [2.24, 2.45) is 0 Å². The second kappa shape index (κ2) is 6.08. The van der Waals surface area contributed by atoms with Crippen molar-refractivity contribution in [1.82, 2.24) is 0 Å². The molecule has 0 spiro atoms. The van der Waals surface area contributed by atoms with Crippen LogP contribution in [0.15, 0.2) is 36.4 Å². The lowest BCUT2D eigenvalue weighted by Crippen LogP contribution is -2.14. The van der Waals surface area contributed by atoms with Gasteiger partial charge in [0.25, 0.3) is 5.78 Å². The molecule has 0 aromatic heterocycles. The highest BCUT2D eigenvalue weighted by Crippen LogP contribution is 2.17. The van der Waals surface area contributed by atoms with Gasteiger partial charge in [-0.15, -0.1) is 0 Å². The quantitative estimate of drug-likeness (QED) is 0.460. The molecule has 0 N–H and O–H groups in total. The number of ketones is 1. The summed E-state index contributed by atoms with van der Waals surface area (Å²) in [5.74, 6) is -1.65. The van der Waals surface area contributed by atoms with E-state index in [-0.39, 0.29) is 11.6 Å². The summed E-state index contributed by atoms with van der Waals surface area (Å²) in [5, 5.41) is 0.221. The third-order valence-electron chi connectivity index (χ3n) is 1.78. The van der Waals surface area contributed by atoms with Crippen LogP contribution in [-0.2, 0) is 14.3 Å². The predicted octanol–water partition coefficient (Wildman–Crippen LogP) is 2.40. The molecule has 0 aliphatic heterocycles. The predicted molar refractivity (Wildman–Crippen MR) is 61.9 cm³/mol. The number of hydrogen-bond donors (Lipinski definition) is 0. The molecule has 0 unspecified atom stereocenters. The molecule has 0 aliphatic rings. The maximum atomic E-state index is 11.3. The minimum absolute atomic E-state index is 0.168. The van der Waals surface area contributed by atoms with Gasteiger partial charge in [-0.25, -0.2) is 4.79 Å². The van der Waals surface area contributed by atoms with E-state index in [0.717, 1.165) is 6.08 Å². The maximum absolute atomic E-state index is 11.3. The smallest absolute Gasteiger partial charge is 0.379 e. The Morgan fingerprint density at radius 2 is 1.94 bits per heavy atom. The Bertz CT molecular complexity index is 410. The zero-order valence-electron chi connectivity index (χ0n) is 8.77. The van der Waals surface area contributed by atoms with Crippen LogP contribution in [0.3, 0.4) is 0 Å². The van der Waals surface area contributed by atoms with Crippen LogP contribution in [0.1, 0.15) is 12.5 Å². The maximum Gasteiger partial charge on any atom is 0.379 e. The van der Waals surface area contributed by atoms with Gasteiger partial charge in [0.1, 0.15) is 0 Å². The van der Waals surface area contributed by atoms with E-state index in [1.807, 2.05) is 6.07 Å². The third-order valence-corrected chi connectivity index (χ3v) is 2.11. The summed E-state index contributed by atoms with van der Waals surface area (Å²) in [6, 6.07) is 8.91. The Kier molecular flexibility index (Phi) is 4.73. The van der Waals surface area contributed by atoms with Gasteiger partial charge in [0, 0.05) is 6.08 Å². The summed E-state index contributed by atoms with van der Waals surface area (Å²) >= 11 is 5.88. The Balaban J connectivity index is 2.78. The molecule has 0 fully saturated rings. The van der Waals surface area contributed by atoms with Crippen molar-refractivity contribution in [1.29, 1.82) is 0 Å². The zero-order valence-corrected chi connectivity index (χ0v) is 9.53. The van der Waals surface area contributed by atoms with Gasteiger partial charge >= 0.3 is 5.97 Å². The SMILES string of the molecule is CCOC(=O)C(=O)/C=C(\Cl)c1ccccc1. The van der Waals surface area contributed by atoms with Crippen molar-refractivity contribution in [3.8, 4) is 0 Å². The first-order valence-corrected chi connectivity index (χ1v) is 5.16. The highest BCUT2D eigenvalue weighted by molar-refractivity contribution is 6.53. The van der Waals surface area contributed by atoms with Gasteiger partial charge in [-0.05, 0) is 12.5 Å². The molecule has 0 amide bonds. The Morgan fingerprint density at radius 1 is 1.31 bits per heavy atom. The Labute approximate surface area is 98.7 Å². The average molecular weight is 239 g/mol. The van der Waals surface area contributed by atoms with Crippen molar-refractivity contribution in [3.63, 3.8) is 0 Å². The molecule has 3 nitrogen and oxygen atoms in total. The molecule has 1 aromatic carbocycles. The molecule has 0 heterocycles. The van der Waals surface area contributed by atoms with Crippen LogP contribution >= 0.6 is 11.6 Å². The van der Waals surface area contributed by atoms with Crippen LogP contribution < -0.4 is 0 Å². The van der Waals surface area contributed by atoms with Gasteiger partial charge in [0.15, 0.2) is 0 Å². The molecule has 4 heteroatoms. The number of ether oxygens (including phenoxy) is 1. The van der Waals surface area contributed by atoms with E-state index in [4.69, 9.17) is 11.6 Å². The number of carbonyl (C=O) groups is 2. The van der Waals surface area contributed by atoms with Crippen molar-refractivity contribution in [2.75, 3.05) is 6.61 Å². The number of esters is 1. The van der Waals surface area contributed by atoms with Crippen LogP contribution in [0.4, 0.5) is 0 Å². The molecular weight excluding hydrogens is 228 g/mol. The van der Waals surface area contributed by atoms with Gasteiger partial charge in [-0.2, -0.15) is 0 Å². The molecular formula is C12H11ClO3. The first-order valence-electron chi connectivity index (χ1n) is 4.79. The average Bonchev–Trinajstić information content (AvgIpc) is 2.30. The van der Waals surface area contributed by atoms with E-state index >= 15 is 0 Å². The molecule has 1 aromatic rings. The largest absolute Gasteiger partial charge is 0.460 e. The molecule has 0 atom stereocenters. The monoisotopic (exact) mass is 238 g/mol. The van der Waals surface area contributed by atoms with Crippen molar-refractivity contribution in [2.45, 2.75) is 6.92 Å². The zero-order chi connectivity index (χ0) is 12.0. The summed E-state index contributed by atoms with van der Waals surface area (Å²) in [5.41, 5.74) is 0.682. The van der Waals surface area contributed by atoms with Crippen LogP contribution in [0.2, 0.25) is 0 Å². The summed E-state index contributed by atoms with van der Waals surface area (Å²) in [6.45, 7) is 1.80. The fourth-order valence-electron chi connectivity index (χ4n) is 1.06. The number of rotatable bonds is 4. The lowest BCUT2D eigenvalue weighted by atomic mass is 10.2. The van der Waals surface area contributed by atoms with E-state index < -0.39 is 11.8 Å². The van der Waals surface area contributed by atoms with E-state index in [0.29, 0.717) is 5.56 Å². The molecule has 1 rings (SSSR count). The topological polar surface area (TPSA) is 43.4 Å². The Morgan fingerprint density at radius 3 is 2.50 bits per heavy atom. The highest BCUT2D eigenvalue weighted by Gasteiger charge is 2.12. The lowest BCUT2D eigenvalue weighted by Gasteiger charge is -1.99. The third kappa shape index (κ3) is 3.51. The fourth-order valence-corrected chi connectivity index (χ4v) is 1.28. The standard InChI is InChI=1S/C12H11ClO3/c1-2-16-12(15)11(14)8-10(13)9-6-4-3-5-7-9/h3-8H,2H2,1H3/b10-8-. The van der Waals surface area contributed by atoms with E-state index in [1.54, 1.807) is 31.2 Å². The van der Waals surface area contributed by atoms with Crippen LogP contribution in [0.25, 0.3) is 5.03 Å². The summed E-state index contributed by atoms with van der Waals surface area (Å²) in [7, 11) is 0. The van der Waals surface area contributed by atoms with Gasteiger partial charge in [0.2, 0.25) is 0 Å². The second-order valence-electron chi connectivity index (χ2n) is 2.94. The van der Waals surface area contributed by atoms with Crippen LogP contribution in [0, 0.1) is 0 Å². The lowest BCUT2D eigenvalue weighted by molar-refractivity contribution is -0.151. The van der Waals surface area contributed by atoms with Crippen molar-refractivity contribution in [3.05, 3.63) is 42.0 Å². The van der Waals surface area contributed by atoms with Crippen molar-refractivity contribution < 1.29 is 14.3 Å². The molecule has 0 saturated heterocycles. The normalized spacial score (nSPS) is 11.0. The second-order valence-corrected chi connectivity index (χ2v) is 3.35. The first kappa shape index (κ1) is 12.5. The number of halogens is 1. The summed E-state index contributed by atoms with van der Waals surface area (Å²) in [6.07, 6.45) is 1.06. The molecule has 0 aliphatic carbocycles. The first-order chi connectivity index (χ1) is 7.65. The van der Waals surface area contributed by atoms with E-state index in [2.05, 4.69) is 4.74 Å². The van der Waals surface area contributed by atoms with Crippen molar-refractivity contribution >= 4 is 28.4 Å². The number of benzene rings is 1. The van der Waals surface area contributed by atoms with Gasteiger partial charge in [0.05, 0.1) is 11.6 Å². The van der Waals surface area contributed by atoms with Crippen LogP contribution in [0.5, 0.6) is 0 Å². The van der Waals surface area contributed by atoms with Crippen LogP contribution in [-0.4, -0.2) is 18.4 Å². The Hall–Kier alpha value is -1.61. The summed E-state index contributed by atoms with van der Waals surface area (Å²) in [4.78, 5) is 22.3. The molecule has 0 bridgehead atoms. The molecule has 84 valence electrons. The minimum atomic E-state index is -0.892. The minimum Gasteiger partial charge on any atom is -0.460 e. The molecule has 0 saturated carbocycles. The van der Waals surface area contributed by atoms with E-state index in [1.165, 1.54) is 0 Å². The van der Waals surface area contributed by atoms with Gasteiger partial charge in [-0.1, -0.05) is 41.9 Å². The highest BCUT2D eigenvalue weighted by atomic mass is 35.5. The van der Waals surface area contributed by atoms with Gasteiger partial charge < -0.3 is 4.74 Å². The fraction of sp³-hybridized carbons (Fsp3) is 0.167. The van der Waals surface area contributed by atoms with Gasteiger partial charge in [-0.3, -0.25) is 4.79 Å². The number of hydrogen-bond acceptors (Lipinski definition) is 3. The number of carbonyl (C=O) groups excluding carboxylic acids is 2. The molecule has 0 radical (unpaired) electrons. The summed E-state index contributed by atoms with van der Waals surface area (Å²) < 4.78 is 4.55.